The lowest BCUT2D eigenvalue weighted by Gasteiger charge is -2.06. The van der Waals surface area contributed by atoms with Gasteiger partial charge in [0.05, 0.1) is 4.92 Å². The molecule has 0 aliphatic heterocycles. The van der Waals surface area contributed by atoms with Crippen LogP contribution in [0.25, 0.3) is 0 Å². The third-order valence-electron chi connectivity index (χ3n) is 2.51. The maximum atomic E-state index is 11.5. The van der Waals surface area contributed by atoms with Crippen LogP contribution >= 0.6 is 0 Å². The summed E-state index contributed by atoms with van der Waals surface area (Å²) < 4.78 is 0. The summed E-state index contributed by atoms with van der Waals surface area (Å²) in [6.45, 7) is 2.43. The molecule has 0 aliphatic rings. The van der Waals surface area contributed by atoms with Gasteiger partial charge < -0.3 is 10.6 Å². The van der Waals surface area contributed by atoms with Crippen LogP contribution in [0.15, 0.2) is 18.2 Å². The number of nitrogens with one attached hydrogen (secondary N) is 2. The summed E-state index contributed by atoms with van der Waals surface area (Å²) in [5.41, 5.74) is 1.18. The van der Waals surface area contributed by atoms with Crippen LogP contribution < -0.4 is 10.6 Å². The van der Waals surface area contributed by atoms with Crippen LogP contribution in [0.4, 0.5) is 11.4 Å². The topological polar surface area (TPSA) is 84.3 Å². The van der Waals surface area contributed by atoms with Gasteiger partial charge in [-0.1, -0.05) is 0 Å². The molecule has 98 valence electrons. The molecule has 0 unspecified atom stereocenters. The highest BCUT2D eigenvalue weighted by atomic mass is 16.6. The standard InChI is InChI=1S/C12H17N3O3/c1-9-8-10(5-6-11(9)15(17)18)14-12(16)4-3-7-13-2/h5-6,8,13H,3-4,7H2,1-2H3,(H,14,16). The molecule has 1 rings (SSSR count). The van der Waals surface area contributed by atoms with E-state index in [2.05, 4.69) is 10.6 Å². The second kappa shape index (κ2) is 6.70. The summed E-state index contributed by atoms with van der Waals surface area (Å²) in [5, 5.41) is 16.3. The van der Waals surface area contributed by atoms with Crippen molar-refractivity contribution in [2.24, 2.45) is 0 Å². The van der Waals surface area contributed by atoms with E-state index in [-0.39, 0.29) is 11.6 Å². The molecular weight excluding hydrogens is 234 g/mol. The van der Waals surface area contributed by atoms with Gasteiger partial charge in [-0.05, 0) is 39.1 Å². The molecule has 0 saturated carbocycles. The van der Waals surface area contributed by atoms with Crippen molar-refractivity contribution in [2.75, 3.05) is 18.9 Å². The van der Waals surface area contributed by atoms with E-state index in [1.54, 1.807) is 19.1 Å². The molecule has 0 fully saturated rings. The molecule has 0 saturated heterocycles. The van der Waals surface area contributed by atoms with Gasteiger partial charge in [0.1, 0.15) is 0 Å². The molecule has 2 N–H and O–H groups in total. The van der Waals surface area contributed by atoms with Crippen molar-refractivity contribution in [3.05, 3.63) is 33.9 Å². The normalized spacial score (nSPS) is 10.1. The molecule has 0 aliphatic carbocycles. The first-order chi connectivity index (χ1) is 8.54. The Labute approximate surface area is 106 Å². The van der Waals surface area contributed by atoms with Crippen molar-refractivity contribution < 1.29 is 9.72 Å². The van der Waals surface area contributed by atoms with Crippen molar-refractivity contribution in [1.82, 2.24) is 5.32 Å². The molecule has 0 spiro atoms. The third-order valence-corrected chi connectivity index (χ3v) is 2.51. The molecule has 0 radical (unpaired) electrons. The fraction of sp³-hybridized carbons (Fsp3) is 0.417. The number of nitrogens with zero attached hydrogens (tertiary/aromatic N) is 1. The van der Waals surface area contributed by atoms with Gasteiger partial charge in [-0.2, -0.15) is 0 Å². The number of nitro groups is 1. The largest absolute Gasteiger partial charge is 0.326 e. The Bertz CT molecular complexity index is 446. The predicted molar refractivity (Wildman–Crippen MR) is 69.6 cm³/mol. The van der Waals surface area contributed by atoms with Gasteiger partial charge >= 0.3 is 0 Å². The number of rotatable bonds is 6. The zero-order chi connectivity index (χ0) is 13.5. The fourth-order valence-corrected chi connectivity index (χ4v) is 1.59. The van der Waals surface area contributed by atoms with Crippen LogP contribution in [0.3, 0.4) is 0 Å². The van der Waals surface area contributed by atoms with Crippen molar-refractivity contribution >= 4 is 17.3 Å². The van der Waals surface area contributed by atoms with E-state index in [9.17, 15) is 14.9 Å². The Morgan fingerprint density at radius 2 is 2.17 bits per heavy atom. The van der Waals surface area contributed by atoms with Gasteiger partial charge in [0.25, 0.3) is 5.69 Å². The summed E-state index contributed by atoms with van der Waals surface area (Å²) in [4.78, 5) is 21.7. The first kappa shape index (κ1) is 14.1. The highest BCUT2D eigenvalue weighted by Gasteiger charge is 2.11. The summed E-state index contributed by atoms with van der Waals surface area (Å²) in [6, 6.07) is 4.55. The lowest BCUT2D eigenvalue weighted by Crippen LogP contribution is -2.15. The first-order valence-electron chi connectivity index (χ1n) is 5.74. The van der Waals surface area contributed by atoms with Gasteiger partial charge in [-0.3, -0.25) is 14.9 Å². The molecule has 18 heavy (non-hydrogen) atoms. The molecule has 1 aromatic carbocycles. The molecule has 0 bridgehead atoms. The lowest BCUT2D eigenvalue weighted by atomic mass is 10.2. The van der Waals surface area contributed by atoms with Gasteiger partial charge in [0.15, 0.2) is 0 Å². The van der Waals surface area contributed by atoms with E-state index < -0.39 is 4.92 Å². The zero-order valence-electron chi connectivity index (χ0n) is 10.5. The molecule has 1 amide bonds. The number of aryl methyl sites for hydroxylation is 1. The average Bonchev–Trinajstić information content (AvgIpc) is 2.28. The Kier molecular flexibility index (Phi) is 5.26. The number of hydrogen-bond donors (Lipinski definition) is 2. The second-order valence-corrected chi connectivity index (χ2v) is 4.01. The van der Waals surface area contributed by atoms with Crippen molar-refractivity contribution in [3.8, 4) is 0 Å². The second-order valence-electron chi connectivity index (χ2n) is 4.01. The number of benzene rings is 1. The van der Waals surface area contributed by atoms with Gasteiger partial charge in [0, 0.05) is 23.7 Å². The molecule has 1 aromatic rings. The lowest BCUT2D eigenvalue weighted by molar-refractivity contribution is -0.385. The molecule has 0 aromatic heterocycles. The number of anilines is 1. The average molecular weight is 251 g/mol. The predicted octanol–water partition coefficient (Wildman–Crippen LogP) is 1.84. The van der Waals surface area contributed by atoms with Gasteiger partial charge in [-0.25, -0.2) is 0 Å². The van der Waals surface area contributed by atoms with Crippen LogP contribution in [-0.2, 0) is 4.79 Å². The summed E-state index contributed by atoms with van der Waals surface area (Å²) in [7, 11) is 1.83. The number of carbonyl (C=O) groups is 1. The zero-order valence-corrected chi connectivity index (χ0v) is 10.5. The van der Waals surface area contributed by atoms with E-state index in [1.165, 1.54) is 6.07 Å². The van der Waals surface area contributed by atoms with Crippen LogP contribution in [0.5, 0.6) is 0 Å². The SMILES string of the molecule is CNCCCC(=O)Nc1ccc([N+](=O)[O-])c(C)c1. The monoisotopic (exact) mass is 251 g/mol. The Morgan fingerprint density at radius 3 is 2.72 bits per heavy atom. The van der Waals surface area contributed by atoms with Crippen LogP contribution in [-0.4, -0.2) is 24.4 Å². The molecule has 0 heterocycles. The van der Waals surface area contributed by atoms with Crippen molar-refractivity contribution in [2.45, 2.75) is 19.8 Å². The van der Waals surface area contributed by atoms with Crippen LogP contribution in [0.1, 0.15) is 18.4 Å². The number of nitro benzene ring substituents is 1. The summed E-state index contributed by atoms with van der Waals surface area (Å²) in [5.74, 6) is -0.0847. The molecule has 0 atom stereocenters. The number of hydrogen-bond acceptors (Lipinski definition) is 4. The minimum Gasteiger partial charge on any atom is -0.326 e. The first-order valence-corrected chi connectivity index (χ1v) is 5.74. The minimum atomic E-state index is -0.437. The van der Waals surface area contributed by atoms with E-state index in [0.29, 0.717) is 17.7 Å². The number of carbonyl (C=O) groups excluding carboxylic acids is 1. The maximum absolute atomic E-state index is 11.5. The smallest absolute Gasteiger partial charge is 0.272 e. The van der Waals surface area contributed by atoms with Crippen molar-refractivity contribution in [1.29, 1.82) is 0 Å². The van der Waals surface area contributed by atoms with E-state index in [1.807, 2.05) is 7.05 Å². The molecule has 6 heteroatoms. The van der Waals surface area contributed by atoms with E-state index in [4.69, 9.17) is 0 Å². The van der Waals surface area contributed by atoms with Gasteiger partial charge in [0.2, 0.25) is 5.91 Å². The van der Waals surface area contributed by atoms with Crippen molar-refractivity contribution in [3.63, 3.8) is 0 Å². The quantitative estimate of drug-likeness (QED) is 0.459. The maximum Gasteiger partial charge on any atom is 0.272 e. The Hall–Kier alpha value is -1.95. The Morgan fingerprint density at radius 1 is 1.44 bits per heavy atom. The highest BCUT2D eigenvalue weighted by Crippen LogP contribution is 2.21. The molecular formula is C12H17N3O3. The third kappa shape index (κ3) is 4.14. The van der Waals surface area contributed by atoms with Crippen LogP contribution in [0.2, 0.25) is 0 Å². The highest BCUT2D eigenvalue weighted by molar-refractivity contribution is 5.90. The summed E-state index contributed by atoms with van der Waals surface area (Å²) in [6.07, 6.45) is 1.19. The summed E-state index contributed by atoms with van der Waals surface area (Å²) >= 11 is 0. The van der Waals surface area contributed by atoms with Crippen LogP contribution in [0, 0.1) is 17.0 Å². The minimum absolute atomic E-state index is 0.0585. The van der Waals surface area contributed by atoms with Gasteiger partial charge in [-0.15, -0.1) is 0 Å². The van der Waals surface area contributed by atoms with E-state index >= 15 is 0 Å². The Balaban J connectivity index is 2.60. The fourth-order valence-electron chi connectivity index (χ4n) is 1.59. The molecule has 6 nitrogen and oxygen atoms in total. The van der Waals surface area contributed by atoms with E-state index in [0.717, 1.165) is 13.0 Å². The number of amides is 1.